The number of aryl methyl sites for hydroxylation is 1. The van der Waals surface area contributed by atoms with Gasteiger partial charge < -0.3 is 5.73 Å². The Morgan fingerprint density at radius 1 is 1.29 bits per heavy atom. The predicted molar refractivity (Wildman–Crippen MR) is 57.5 cm³/mol. The predicted octanol–water partition coefficient (Wildman–Crippen LogP) is 2.07. The Balaban J connectivity index is 2.57. The summed E-state index contributed by atoms with van der Waals surface area (Å²) in [6.07, 6.45) is 3.48. The molecule has 0 saturated heterocycles. The van der Waals surface area contributed by atoms with Crippen molar-refractivity contribution in [3.63, 3.8) is 0 Å². The van der Waals surface area contributed by atoms with Gasteiger partial charge in [-0.15, -0.1) is 0 Å². The van der Waals surface area contributed by atoms with Gasteiger partial charge in [0.25, 0.3) is 0 Å². The topological polar surface area (TPSA) is 43.8 Å². The van der Waals surface area contributed by atoms with E-state index in [1.54, 1.807) is 10.9 Å². The molecule has 0 unspecified atom stereocenters. The minimum absolute atomic E-state index is 0.686. The van der Waals surface area contributed by atoms with Crippen LogP contribution in [0.25, 0.3) is 5.69 Å². The van der Waals surface area contributed by atoms with E-state index in [9.17, 15) is 0 Å². The van der Waals surface area contributed by atoms with Crippen molar-refractivity contribution in [2.24, 2.45) is 0 Å². The van der Waals surface area contributed by atoms with E-state index in [0.29, 0.717) is 5.69 Å². The summed E-state index contributed by atoms with van der Waals surface area (Å²) in [5.74, 6) is 0. The van der Waals surface area contributed by atoms with Gasteiger partial charge in [0.1, 0.15) is 0 Å². The number of nitrogen functional groups attached to an aromatic ring is 1. The normalized spacial score (nSPS) is 10.4. The van der Waals surface area contributed by atoms with Crippen LogP contribution in [-0.2, 0) is 0 Å². The lowest BCUT2D eigenvalue weighted by atomic mass is 10.1. The molecule has 1 aromatic carbocycles. The Morgan fingerprint density at radius 2 is 2.07 bits per heavy atom. The van der Waals surface area contributed by atoms with Gasteiger partial charge in [-0.1, -0.05) is 12.1 Å². The first kappa shape index (κ1) is 8.81. The number of nitrogens with zero attached hydrogens (tertiary/aromatic N) is 2. The van der Waals surface area contributed by atoms with Gasteiger partial charge in [-0.2, -0.15) is 5.10 Å². The molecule has 0 aliphatic rings. The molecule has 0 spiro atoms. The average molecular weight is 187 g/mol. The van der Waals surface area contributed by atoms with Gasteiger partial charge in [0.15, 0.2) is 0 Å². The maximum atomic E-state index is 5.62. The maximum Gasteiger partial charge on any atom is 0.0724 e. The van der Waals surface area contributed by atoms with Gasteiger partial charge in [-0.3, -0.25) is 0 Å². The van der Waals surface area contributed by atoms with E-state index in [-0.39, 0.29) is 0 Å². The zero-order chi connectivity index (χ0) is 10.1. The molecule has 0 atom stereocenters. The Labute approximate surface area is 83.2 Å². The molecule has 2 N–H and O–H groups in total. The van der Waals surface area contributed by atoms with Gasteiger partial charge in [0, 0.05) is 0 Å². The molecule has 1 heterocycles. The quantitative estimate of drug-likeness (QED) is 0.742. The van der Waals surface area contributed by atoms with E-state index in [0.717, 1.165) is 5.69 Å². The van der Waals surface area contributed by atoms with E-state index in [1.165, 1.54) is 11.1 Å². The van der Waals surface area contributed by atoms with E-state index < -0.39 is 0 Å². The lowest BCUT2D eigenvalue weighted by Gasteiger charge is -2.07. The lowest BCUT2D eigenvalue weighted by Crippen LogP contribution is -1.98. The average Bonchev–Trinajstić information content (AvgIpc) is 2.57. The summed E-state index contributed by atoms with van der Waals surface area (Å²) in [5.41, 5.74) is 9.88. The highest BCUT2D eigenvalue weighted by Crippen LogP contribution is 2.17. The van der Waals surface area contributed by atoms with Gasteiger partial charge >= 0.3 is 0 Å². The highest BCUT2D eigenvalue weighted by molar-refractivity contribution is 5.46. The van der Waals surface area contributed by atoms with E-state index in [4.69, 9.17) is 5.73 Å². The summed E-state index contributed by atoms with van der Waals surface area (Å²) in [6, 6.07) is 6.15. The third kappa shape index (κ3) is 1.37. The Bertz CT molecular complexity index is 457. The number of hydrogen-bond donors (Lipinski definition) is 1. The van der Waals surface area contributed by atoms with Crippen molar-refractivity contribution in [3.8, 4) is 5.69 Å². The molecule has 0 fully saturated rings. The van der Waals surface area contributed by atoms with Crippen LogP contribution in [-0.4, -0.2) is 9.78 Å². The van der Waals surface area contributed by atoms with Crippen LogP contribution in [0.5, 0.6) is 0 Å². The van der Waals surface area contributed by atoms with Gasteiger partial charge in [0.05, 0.1) is 23.8 Å². The number of anilines is 1. The minimum Gasteiger partial charge on any atom is -0.396 e. The SMILES string of the molecule is Cc1cccc(-n2cc(N)cn2)c1C. The summed E-state index contributed by atoms with van der Waals surface area (Å²) in [4.78, 5) is 0. The largest absolute Gasteiger partial charge is 0.396 e. The third-order valence-corrected chi connectivity index (χ3v) is 2.43. The third-order valence-electron chi connectivity index (χ3n) is 2.43. The molecule has 3 heteroatoms. The molecule has 0 aliphatic heterocycles. The van der Waals surface area contributed by atoms with Crippen LogP contribution in [0.4, 0.5) is 5.69 Å². The fraction of sp³-hybridized carbons (Fsp3) is 0.182. The first-order chi connectivity index (χ1) is 6.68. The second-order valence-corrected chi connectivity index (χ2v) is 3.44. The second-order valence-electron chi connectivity index (χ2n) is 3.44. The van der Waals surface area contributed by atoms with Gasteiger partial charge in [-0.25, -0.2) is 4.68 Å². The highest BCUT2D eigenvalue weighted by atomic mass is 15.3. The molecular formula is C11H13N3. The molecule has 14 heavy (non-hydrogen) atoms. The first-order valence-electron chi connectivity index (χ1n) is 4.55. The zero-order valence-corrected chi connectivity index (χ0v) is 8.36. The summed E-state index contributed by atoms with van der Waals surface area (Å²) in [6.45, 7) is 4.17. The monoisotopic (exact) mass is 187 g/mol. The Morgan fingerprint density at radius 3 is 2.71 bits per heavy atom. The van der Waals surface area contributed by atoms with Crippen molar-refractivity contribution < 1.29 is 0 Å². The molecule has 2 aromatic rings. The van der Waals surface area contributed by atoms with Crippen LogP contribution in [0.3, 0.4) is 0 Å². The van der Waals surface area contributed by atoms with Crippen LogP contribution in [0.2, 0.25) is 0 Å². The van der Waals surface area contributed by atoms with Crippen LogP contribution in [0.1, 0.15) is 11.1 Å². The molecule has 0 saturated carbocycles. The highest BCUT2D eigenvalue weighted by Gasteiger charge is 2.03. The smallest absolute Gasteiger partial charge is 0.0724 e. The van der Waals surface area contributed by atoms with Crippen molar-refractivity contribution >= 4 is 5.69 Å². The maximum absolute atomic E-state index is 5.62. The van der Waals surface area contributed by atoms with Crippen LogP contribution in [0, 0.1) is 13.8 Å². The van der Waals surface area contributed by atoms with Crippen molar-refractivity contribution in [2.75, 3.05) is 5.73 Å². The standard InChI is InChI=1S/C11H13N3/c1-8-4-3-5-11(9(8)2)14-7-10(12)6-13-14/h3-7H,12H2,1-2H3. The van der Waals surface area contributed by atoms with Crippen LogP contribution >= 0.6 is 0 Å². The number of nitrogens with two attached hydrogens (primary N) is 1. The number of aromatic nitrogens is 2. The van der Waals surface area contributed by atoms with Crippen molar-refractivity contribution in [1.29, 1.82) is 0 Å². The number of rotatable bonds is 1. The second kappa shape index (κ2) is 3.18. The molecular weight excluding hydrogens is 174 g/mol. The summed E-state index contributed by atoms with van der Waals surface area (Å²) < 4.78 is 1.80. The van der Waals surface area contributed by atoms with Crippen molar-refractivity contribution in [2.45, 2.75) is 13.8 Å². The number of hydrogen-bond acceptors (Lipinski definition) is 2. The molecule has 3 nitrogen and oxygen atoms in total. The van der Waals surface area contributed by atoms with Crippen LogP contribution < -0.4 is 5.73 Å². The molecule has 72 valence electrons. The fourth-order valence-electron chi connectivity index (χ4n) is 1.45. The summed E-state index contributed by atoms with van der Waals surface area (Å²) in [5, 5.41) is 4.18. The lowest BCUT2D eigenvalue weighted by molar-refractivity contribution is 0.870. The summed E-state index contributed by atoms with van der Waals surface area (Å²) in [7, 11) is 0. The molecule has 0 bridgehead atoms. The molecule has 0 radical (unpaired) electrons. The van der Waals surface area contributed by atoms with E-state index in [2.05, 4.69) is 25.0 Å². The minimum atomic E-state index is 0.686. The zero-order valence-electron chi connectivity index (χ0n) is 8.36. The summed E-state index contributed by atoms with van der Waals surface area (Å²) >= 11 is 0. The van der Waals surface area contributed by atoms with Crippen molar-refractivity contribution in [3.05, 3.63) is 41.7 Å². The molecule has 0 amide bonds. The van der Waals surface area contributed by atoms with Gasteiger partial charge in [0.2, 0.25) is 0 Å². The fourth-order valence-corrected chi connectivity index (χ4v) is 1.45. The molecule has 0 aliphatic carbocycles. The van der Waals surface area contributed by atoms with Crippen molar-refractivity contribution in [1.82, 2.24) is 9.78 Å². The Hall–Kier alpha value is -1.77. The van der Waals surface area contributed by atoms with E-state index in [1.807, 2.05) is 18.3 Å². The number of benzene rings is 1. The Kier molecular flexibility index (Phi) is 2.00. The molecule has 1 aromatic heterocycles. The van der Waals surface area contributed by atoms with Gasteiger partial charge in [-0.05, 0) is 31.0 Å². The molecule has 2 rings (SSSR count). The van der Waals surface area contributed by atoms with E-state index >= 15 is 0 Å². The first-order valence-corrected chi connectivity index (χ1v) is 4.55. The van der Waals surface area contributed by atoms with Crippen LogP contribution in [0.15, 0.2) is 30.6 Å².